The maximum Gasteiger partial charge on any atom is 0.248 e. The molecule has 0 bridgehead atoms. The van der Waals surface area contributed by atoms with Crippen molar-refractivity contribution in [2.75, 3.05) is 19.4 Å². The zero-order valence-corrected chi connectivity index (χ0v) is 13.9. The first-order valence-corrected chi connectivity index (χ1v) is 7.56. The summed E-state index contributed by atoms with van der Waals surface area (Å²) in [4.78, 5) is 29.5. The number of carbonyl (C=O) groups excluding carboxylic acids is 2. The van der Waals surface area contributed by atoms with Crippen molar-refractivity contribution < 1.29 is 14.0 Å². The lowest BCUT2D eigenvalue weighted by molar-refractivity contribution is -0.129. The molecule has 0 unspecified atom stereocenters. The molecule has 2 rings (SSSR count). The number of rotatable bonds is 6. The summed E-state index contributed by atoms with van der Waals surface area (Å²) in [5.41, 5.74) is 0.721. The van der Waals surface area contributed by atoms with Gasteiger partial charge in [0.1, 0.15) is 18.7 Å². The Balaban J connectivity index is 2.04. The molecule has 8 heteroatoms. The Hall–Kier alpha value is -2.77. The van der Waals surface area contributed by atoms with Gasteiger partial charge in [-0.1, -0.05) is 19.1 Å². The molecule has 0 fully saturated rings. The van der Waals surface area contributed by atoms with E-state index in [1.54, 1.807) is 26.2 Å². The molecule has 1 aromatic heterocycles. The molecule has 2 aromatic rings. The molecule has 128 valence electrons. The van der Waals surface area contributed by atoms with Gasteiger partial charge in [0.05, 0.1) is 5.92 Å². The van der Waals surface area contributed by atoms with Crippen molar-refractivity contribution in [3.8, 4) is 0 Å². The van der Waals surface area contributed by atoms with Crippen molar-refractivity contribution >= 4 is 17.8 Å². The number of hydrogen-bond acceptors (Lipinski definition) is 4. The van der Waals surface area contributed by atoms with Crippen LogP contribution in [0.4, 0.5) is 10.3 Å². The van der Waals surface area contributed by atoms with Crippen molar-refractivity contribution in [2.45, 2.75) is 25.8 Å². The van der Waals surface area contributed by atoms with E-state index in [2.05, 4.69) is 15.4 Å². The minimum Gasteiger partial charge on any atom is -0.347 e. The predicted molar refractivity (Wildman–Crippen MR) is 86.8 cm³/mol. The molecule has 0 saturated heterocycles. The van der Waals surface area contributed by atoms with Gasteiger partial charge in [-0.05, 0) is 24.1 Å². The Bertz CT molecular complexity index is 712. The lowest BCUT2D eigenvalue weighted by Crippen LogP contribution is -2.26. The highest BCUT2D eigenvalue weighted by Crippen LogP contribution is 2.21. The summed E-state index contributed by atoms with van der Waals surface area (Å²) >= 11 is 0. The number of aromatic nitrogens is 3. The van der Waals surface area contributed by atoms with E-state index in [0.717, 1.165) is 5.56 Å². The zero-order valence-electron chi connectivity index (χ0n) is 13.9. The lowest BCUT2D eigenvalue weighted by Gasteiger charge is -2.14. The van der Waals surface area contributed by atoms with Crippen LogP contribution >= 0.6 is 0 Å². The smallest absolute Gasteiger partial charge is 0.248 e. The Morgan fingerprint density at radius 2 is 1.96 bits per heavy atom. The number of carbonyl (C=O) groups is 2. The van der Waals surface area contributed by atoms with E-state index < -0.39 is 5.92 Å². The molecule has 1 N–H and O–H groups in total. The van der Waals surface area contributed by atoms with Crippen LogP contribution in [0.2, 0.25) is 0 Å². The molecule has 1 heterocycles. The van der Waals surface area contributed by atoms with Crippen LogP contribution in [0.5, 0.6) is 0 Å². The molecular formula is C16H20FN5O2. The molecule has 0 radical (unpaired) electrons. The summed E-state index contributed by atoms with van der Waals surface area (Å²) in [6.45, 7) is 1.92. The van der Waals surface area contributed by atoms with Crippen LogP contribution in [0.3, 0.4) is 0 Å². The maximum absolute atomic E-state index is 13.0. The van der Waals surface area contributed by atoms with Gasteiger partial charge in [0, 0.05) is 14.1 Å². The van der Waals surface area contributed by atoms with Gasteiger partial charge < -0.3 is 4.90 Å². The highest BCUT2D eigenvalue weighted by atomic mass is 19.1. The number of benzene rings is 1. The van der Waals surface area contributed by atoms with E-state index in [0.29, 0.717) is 6.42 Å². The van der Waals surface area contributed by atoms with E-state index in [9.17, 15) is 14.0 Å². The van der Waals surface area contributed by atoms with E-state index in [1.807, 2.05) is 6.92 Å². The SMILES string of the molecule is CC[C@H](C(=O)Nc1ncn(CC(=O)N(C)C)n1)c1ccc(F)cc1. The summed E-state index contributed by atoms with van der Waals surface area (Å²) in [6.07, 6.45) is 1.94. The van der Waals surface area contributed by atoms with Gasteiger partial charge in [0.2, 0.25) is 17.8 Å². The second-order valence-electron chi connectivity index (χ2n) is 5.56. The number of halogens is 1. The molecule has 24 heavy (non-hydrogen) atoms. The largest absolute Gasteiger partial charge is 0.347 e. The van der Waals surface area contributed by atoms with Crippen LogP contribution in [0.15, 0.2) is 30.6 Å². The van der Waals surface area contributed by atoms with Crippen molar-refractivity contribution in [3.63, 3.8) is 0 Å². The third kappa shape index (κ3) is 4.37. The summed E-state index contributed by atoms with van der Waals surface area (Å²) < 4.78 is 14.4. The molecule has 0 aliphatic carbocycles. The first kappa shape index (κ1) is 17.6. The van der Waals surface area contributed by atoms with Gasteiger partial charge in [-0.15, -0.1) is 5.10 Å². The van der Waals surface area contributed by atoms with E-state index in [1.165, 1.54) is 28.0 Å². The molecule has 0 aliphatic heterocycles. The van der Waals surface area contributed by atoms with Gasteiger partial charge in [0.15, 0.2) is 0 Å². The third-order valence-corrected chi connectivity index (χ3v) is 3.56. The monoisotopic (exact) mass is 333 g/mol. The van der Waals surface area contributed by atoms with Crippen molar-refractivity contribution in [1.82, 2.24) is 19.7 Å². The molecule has 1 atom stereocenters. The van der Waals surface area contributed by atoms with E-state index in [-0.39, 0.29) is 30.1 Å². The summed E-state index contributed by atoms with van der Waals surface area (Å²) in [6, 6.07) is 5.83. The first-order chi connectivity index (χ1) is 11.4. The molecule has 0 aliphatic rings. The highest BCUT2D eigenvalue weighted by molar-refractivity contribution is 5.94. The predicted octanol–water partition coefficient (Wildman–Crippen LogP) is 1.64. The summed E-state index contributed by atoms with van der Waals surface area (Å²) in [7, 11) is 3.30. The molecule has 0 spiro atoms. The molecule has 1 aromatic carbocycles. The van der Waals surface area contributed by atoms with Gasteiger partial charge >= 0.3 is 0 Å². The average molecular weight is 333 g/mol. The minimum absolute atomic E-state index is 0.0467. The Labute approximate surface area is 139 Å². The average Bonchev–Trinajstić information content (AvgIpc) is 2.96. The molecule has 2 amide bonds. The minimum atomic E-state index is -0.430. The van der Waals surface area contributed by atoms with Crippen LogP contribution in [0.1, 0.15) is 24.8 Å². The number of anilines is 1. The molecular weight excluding hydrogens is 313 g/mol. The molecule has 7 nitrogen and oxygen atoms in total. The fraction of sp³-hybridized carbons (Fsp3) is 0.375. The van der Waals surface area contributed by atoms with Crippen molar-refractivity contribution in [1.29, 1.82) is 0 Å². The number of amides is 2. The maximum atomic E-state index is 13.0. The van der Waals surface area contributed by atoms with Crippen LogP contribution < -0.4 is 5.32 Å². The second kappa shape index (κ2) is 7.67. The van der Waals surface area contributed by atoms with E-state index in [4.69, 9.17) is 0 Å². The topological polar surface area (TPSA) is 80.1 Å². The number of nitrogens with one attached hydrogen (secondary N) is 1. The summed E-state index contributed by atoms with van der Waals surface area (Å²) in [5, 5.41) is 6.69. The van der Waals surface area contributed by atoms with Crippen LogP contribution in [0, 0.1) is 5.82 Å². The first-order valence-electron chi connectivity index (χ1n) is 7.56. The second-order valence-corrected chi connectivity index (χ2v) is 5.56. The molecule has 0 saturated carbocycles. The fourth-order valence-electron chi connectivity index (χ4n) is 2.17. The van der Waals surface area contributed by atoms with Crippen LogP contribution in [0.25, 0.3) is 0 Å². The highest BCUT2D eigenvalue weighted by Gasteiger charge is 2.20. The standard InChI is InChI=1S/C16H20FN5O2/c1-4-13(11-5-7-12(17)8-6-11)15(24)19-16-18-10-22(20-16)9-14(23)21(2)3/h5-8,10,13H,4,9H2,1-3H3,(H,19,20,24)/t13-/m0/s1. The summed E-state index contributed by atoms with van der Waals surface area (Å²) in [5.74, 6) is -1.05. The third-order valence-electron chi connectivity index (χ3n) is 3.56. The van der Waals surface area contributed by atoms with Gasteiger partial charge in [-0.3, -0.25) is 14.9 Å². The van der Waals surface area contributed by atoms with Crippen LogP contribution in [-0.2, 0) is 16.1 Å². The van der Waals surface area contributed by atoms with Gasteiger partial charge in [-0.25, -0.2) is 14.1 Å². The lowest BCUT2D eigenvalue weighted by atomic mass is 9.96. The quantitative estimate of drug-likeness (QED) is 0.871. The number of likely N-dealkylation sites (N-methyl/N-ethyl adjacent to an activating group) is 1. The van der Waals surface area contributed by atoms with Crippen molar-refractivity contribution in [3.05, 3.63) is 42.0 Å². The van der Waals surface area contributed by atoms with Crippen LogP contribution in [-0.4, -0.2) is 45.6 Å². The Morgan fingerprint density at radius 1 is 1.29 bits per heavy atom. The normalized spacial score (nSPS) is 11.8. The zero-order chi connectivity index (χ0) is 17.7. The Kier molecular flexibility index (Phi) is 5.62. The number of nitrogens with zero attached hydrogens (tertiary/aromatic N) is 4. The Morgan fingerprint density at radius 3 is 2.54 bits per heavy atom. The van der Waals surface area contributed by atoms with Gasteiger partial charge in [0.25, 0.3) is 0 Å². The number of hydrogen-bond donors (Lipinski definition) is 1. The fourth-order valence-corrected chi connectivity index (χ4v) is 2.17. The van der Waals surface area contributed by atoms with Gasteiger partial charge in [-0.2, -0.15) is 0 Å². The van der Waals surface area contributed by atoms with E-state index >= 15 is 0 Å². The van der Waals surface area contributed by atoms with Crippen molar-refractivity contribution in [2.24, 2.45) is 0 Å².